The molecule has 1 unspecified atom stereocenters. The summed E-state index contributed by atoms with van der Waals surface area (Å²) in [5.41, 5.74) is 1.67. The highest BCUT2D eigenvalue weighted by Gasteiger charge is 2.16. The summed E-state index contributed by atoms with van der Waals surface area (Å²) >= 11 is 1.46. The standard InChI is InChI=1S/C22H29N3O4S/c1-4-5-16(26)12-25(10-11-28-2)13-19-23-21(27)20-18(14-30-22(20)24-19)15-6-8-17(29-3)9-7-15/h6-9,14,16,26H,4-5,10-13H2,1-3H3,(H,23,24,27). The van der Waals surface area contributed by atoms with Gasteiger partial charge in [0.25, 0.3) is 5.56 Å². The summed E-state index contributed by atoms with van der Waals surface area (Å²) in [4.78, 5) is 23.3. The van der Waals surface area contributed by atoms with Gasteiger partial charge < -0.3 is 19.6 Å². The van der Waals surface area contributed by atoms with Crippen LogP contribution in [0.15, 0.2) is 34.4 Å². The molecule has 0 radical (unpaired) electrons. The van der Waals surface area contributed by atoms with Crippen LogP contribution in [0.2, 0.25) is 0 Å². The predicted molar refractivity (Wildman–Crippen MR) is 120 cm³/mol. The second-order valence-electron chi connectivity index (χ2n) is 7.24. The molecular formula is C22H29N3O4S. The maximum absolute atomic E-state index is 12.9. The summed E-state index contributed by atoms with van der Waals surface area (Å²) in [7, 11) is 3.28. The second kappa shape index (κ2) is 10.7. The van der Waals surface area contributed by atoms with Crippen molar-refractivity contribution in [3.8, 4) is 16.9 Å². The zero-order chi connectivity index (χ0) is 21.5. The molecule has 7 nitrogen and oxygen atoms in total. The van der Waals surface area contributed by atoms with E-state index < -0.39 is 6.10 Å². The first-order valence-corrected chi connectivity index (χ1v) is 11.0. The van der Waals surface area contributed by atoms with Crippen molar-refractivity contribution < 1.29 is 14.6 Å². The van der Waals surface area contributed by atoms with E-state index in [2.05, 4.69) is 9.88 Å². The fourth-order valence-electron chi connectivity index (χ4n) is 3.44. The van der Waals surface area contributed by atoms with Gasteiger partial charge in [-0.2, -0.15) is 0 Å². The second-order valence-corrected chi connectivity index (χ2v) is 8.10. The molecule has 0 bridgehead atoms. The number of thiophene rings is 1. The van der Waals surface area contributed by atoms with Gasteiger partial charge in [-0.1, -0.05) is 25.5 Å². The summed E-state index contributed by atoms with van der Waals surface area (Å²) in [6.07, 6.45) is 1.25. The SMILES string of the molecule is CCCC(O)CN(CCOC)Cc1nc2scc(-c3ccc(OC)cc3)c2c(=O)[nH]1. The van der Waals surface area contributed by atoms with Crippen LogP contribution in [0.1, 0.15) is 25.6 Å². The van der Waals surface area contributed by atoms with Crippen LogP contribution < -0.4 is 10.3 Å². The van der Waals surface area contributed by atoms with Crippen LogP contribution in [-0.2, 0) is 11.3 Å². The number of hydrogen-bond donors (Lipinski definition) is 2. The lowest BCUT2D eigenvalue weighted by molar-refractivity contribution is 0.0787. The van der Waals surface area contributed by atoms with E-state index in [1.54, 1.807) is 14.2 Å². The molecule has 2 N–H and O–H groups in total. The summed E-state index contributed by atoms with van der Waals surface area (Å²) in [6.45, 7) is 4.21. The van der Waals surface area contributed by atoms with Crippen molar-refractivity contribution in [2.24, 2.45) is 0 Å². The fourth-order valence-corrected chi connectivity index (χ4v) is 4.41. The zero-order valence-corrected chi connectivity index (χ0v) is 18.5. The summed E-state index contributed by atoms with van der Waals surface area (Å²) in [5, 5.41) is 12.8. The first-order chi connectivity index (χ1) is 14.5. The van der Waals surface area contributed by atoms with Crippen LogP contribution in [0.25, 0.3) is 21.3 Å². The van der Waals surface area contributed by atoms with Gasteiger partial charge in [0.2, 0.25) is 0 Å². The first kappa shape index (κ1) is 22.4. The molecule has 0 fully saturated rings. The number of aliphatic hydroxyl groups excluding tert-OH is 1. The van der Waals surface area contributed by atoms with Crippen LogP contribution in [0, 0.1) is 0 Å². The third-order valence-electron chi connectivity index (χ3n) is 4.97. The highest BCUT2D eigenvalue weighted by atomic mass is 32.1. The molecule has 0 amide bonds. The Morgan fingerprint density at radius 1 is 1.27 bits per heavy atom. The van der Waals surface area contributed by atoms with Gasteiger partial charge in [-0.3, -0.25) is 9.69 Å². The lowest BCUT2D eigenvalue weighted by Crippen LogP contribution is -2.35. The Hall–Kier alpha value is -2.26. The first-order valence-electron chi connectivity index (χ1n) is 10.1. The quantitative estimate of drug-likeness (QED) is 0.485. The molecule has 30 heavy (non-hydrogen) atoms. The van der Waals surface area contributed by atoms with Crippen LogP contribution in [-0.4, -0.2) is 60.0 Å². The number of fused-ring (bicyclic) bond motifs is 1. The highest BCUT2D eigenvalue weighted by molar-refractivity contribution is 7.17. The zero-order valence-electron chi connectivity index (χ0n) is 17.7. The molecule has 1 atom stereocenters. The number of aliphatic hydroxyl groups is 1. The van der Waals surface area contributed by atoms with Crippen LogP contribution >= 0.6 is 11.3 Å². The third kappa shape index (κ3) is 5.46. The minimum Gasteiger partial charge on any atom is -0.497 e. The molecule has 3 aromatic rings. The van der Waals surface area contributed by atoms with Gasteiger partial charge in [-0.25, -0.2) is 4.98 Å². The van der Waals surface area contributed by atoms with Crippen molar-refractivity contribution in [1.82, 2.24) is 14.9 Å². The van der Waals surface area contributed by atoms with E-state index in [1.165, 1.54) is 11.3 Å². The molecule has 0 aliphatic carbocycles. The maximum atomic E-state index is 12.9. The lowest BCUT2D eigenvalue weighted by Gasteiger charge is -2.24. The lowest BCUT2D eigenvalue weighted by atomic mass is 10.1. The molecule has 0 saturated heterocycles. The average Bonchev–Trinajstić information content (AvgIpc) is 3.17. The Bertz CT molecular complexity index is 1000. The number of nitrogens with zero attached hydrogens (tertiary/aromatic N) is 2. The van der Waals surface area contributed by atoms with E-state index in [4.69, 9.17) is 14.5 Å². The molecule has 2 heterocycles. The van der Waals surface area contributed by atoms with Crippen molar-refractivity contribution in [1.29, 1.82) is 0 Å². The van der Waals surface area contributed by atoms with Gasteiger partial charge in [0.05, 0.1) is 31.8 Å². The molecule has 0 spiro atoms. The highest BCUT2D eigenvalue weighted by Crippen LogP contribution is 2.31. The number of nitrogens with one attached hydrogen (secondary N) is 1. The molecule has 1 aromatic carbocycles. The van der Waals surface area contributed by atoms with Crippen molar-refractivity contribution in [3.63, 3.8) is 0 Å². The monoisotopic (exact) mass is 431 g/mol. The van der Waals surface area contributed by atoms with Gasteiger partial charge in [0.15, 0.2) is 0 Å². The molecule has 0 aliphatic heterocycles. The van der Waals surface area contributed by atoms with Gasteiger partial charge >= 0.3 is 0 Å². The third-order valence-corrected chi connectivity index (χ3v) is 5.84. The van der Waals surface area contributed by atoms with E-state index in [0.717, 1.165) is 29.7 Å². The summed E-state index contributed by atoms with van der Waals surface area (Å²) in [6, 6.07) is 7.64. The minimum atomic E-state index is -0.411. The van der Waals surface area contributed by atoms with E-state index in [1.807, 2.05) is 36.6 Å². The van der Waals surface area contributed by atoms with E-state index in [9.17, 15) is 9.90 Å². The average molecular weight is 432 g/mol. The van der Waals surface area contributed by atoms with Gasteiger partial charge in [0.1, 0.15) is 16.4 Å². The Morgan fingerprint density at radius 3 is 2.70 bits per heavy atom. The van der Waals surface area contributed by atoms with E-state index in [0.29, 0.717) is 42.3 Å². The van der Waals surface area contributed by atoms with Crippen LogP contribution in [0.4, 0.5) is 0 Å². The Balaban J connectivity index is 1.85. The topological polar surface area (TPSA) is 87.7 Å². The number of rotatable bonds is 11. The molecular weight excluding hydrogens is 402 g/mol. The number of H-pyrrole nitrogens is 1. The number of benzene rings is 1. The minimum absolute atomic E-state index is 0.150. The molecule has 0 aliphatic rings. The molecule has 3 rings (SSSR count). The van der Waals surface area contributed by atoms with E-state index >= 15 is 0 Å². The molecule has 2 aromatic heterocycles. The molecule has 8 heteroatoms. The number of aromatic amines is 1. The Kier molecular flexibility index (Phi) is 7.98. The summed E-state index contributed by atoms with van der Waals surface area (Å²) < 4.78 is 10.4. The Morgan fingerprint density at radius 2 is 2.03 bits per heavy atom. The largest absolute Gasteiger partial charge is 0.497 e. The van der Waals surface area contributed by atoms with Gasteiger partial charge in [-0.15, -0.1) is 11.3 Å². The number of aromatic nitrogens is 2. The van der Waals surface area contributed by atoms with Crippen LogP contribution in [0.3, 0.4) is 0 Å². The smallest absolute Gasteiger partial charge is 0.260 e. The maximum Gasteiger partial charge on any atom is 0.260 e. The normalized spacial score (nSPS) is 12.6. The Labute approximate surface area is 180 Å². The van der Waals surface area contributed by atoms with Crippen molar-refractivity contribution >= 4 is 21.6 Å². The molecule has 162 valence electrons. The fraction of sp³-hybridized carbons (Fsp3) is 0.455. The molecule has 0 saturated carbocycles. The van der Waals surface area contributed by atoms with Crippen molar-refractivity contribution in [3.05, 3.63) is 45.8 Å². The predicted octanol–water partition coefficient (Wildman–Crippen LogP) is 3.27. The number of ether oxygens (including phenoxy) is 2. The van der Waals surface area contributed by atoms with Gasteiger partial charge in [-0.05, 0) is 24.1 Å². The van der Waals surface area contributed by atoms with Crippen molar-refractivity contribution in [2.45, 2.75) is 32.4 Å². The van der Waals surface area contributed by atoms with Crippen molar-refractivity contribution in [2.75, 3.05) is 33.9 Å². The number of methoxy groups -OCH3 is 2. The number of hydrogen-bond acceptors (Lipinski definition) is 7. The van der Waals surface area contributed by atoms with Crippen LogP contribution in [0.5, 0.6) is 5.75 Å². The summed E-state index contributed by atoms with van der Waals surface area (Å²) in [5.74, 6) is 1.37. The van der Waals surface area contributed by atoms with E-state index in [-0.39, 0.29) is 5.56 Å². The van der Waals surface area contributed by atoms with Gasteiger partial charge in [0, 0.05) is 31.1 Å².